The molecule has 2 amide bonds. The Labute approximate surface area is 128 Å². The van der Waals surface area contributed by atoms with Gasteiger partial charge < -0.3 is 10.2 Å². The van der Waals surface area contributed by atoms with Gasteiger partial charge in [0.2, 0.25) is 5.91 Å². The van der Waals surface area contributed by atoms with E-state index in [9.17, 15) is 9.59 Å². The fourth-order valence-electron chi connectivity index (χ4n) is 2.77. The molecule has 6 nitrogen and oxygen atoms in total. The molecule has 1 aromatic heterocycles. The lowest BCUT2D eigenvalue weighted by atomic mass is 10.0. The molecule has 22 heavy (non-hydrogen) atoms. The summed E-state index contributed by atoms with van der Waals surface area (Å²) in [6.45, 7) is 4.79. The number of amides is 2. The van der Waals surface area contributed by atoms with Crippen molar-refractivity contribution in [3.63, 3.8) is 0 Å². The van der Waals surface area contributed by atoms with Crippen LogP contribution in [0.1, 0.15) is 29.8 Å². The van der Waals surface area contributed by atoms with Crippen molar-refractivity contribution in [2.24, 2.45) is 7.05 Å². The molecule has 0 saturated carbocycles. The maximum absolute atomic E-state index is 12.1. The van der Waals surface area contributed by atoms with Crippen molar-refractivity contribution in [1.29, 1.82) is 0 Å². The average molecular weight is 298 g/mol. The van der Waals surface area contributed by atoms with Crippen LogP contribution in [0.2, 0.25) is 0 Å². The van der Waals surface area contributed by atoms with E-state index in [0.29, 0.717) is 18.9 Å². The molecule has 0 aliphatic carbocycles. The van der Waals surface area contributed by atoms with E-state index in [2.05, 4.69) is 10.4 Å². The predicted octanol–water partition coefficient (Wildman–Crippen LogP) is 2.02. The van der Waals surface area contributed by atoms with Crippen LogP contribution >= 0.6 is 0 Å². The first-order valence-corrected chi connectivity index (χ1v) is 7.23. The van der Waals surface area contributed by atoms with Crippen molar-refractivity contribution >= 4 is 17.6 Å². The fourth-order valence-corrected chi connectivity index (χ4v) is 2.77. The molecule has 3 rings (SSSR count). The van der Waals surface area contributed by atoms with Gasteiger partial charge in [-0.05, 0) is 24.6 Å². The Morgan fingerprint density at radius 1 is 1.36 bits per heavy atom. The van der Waals surface area contributed by atoms with Crippen LogP contribution in [0.5, 0.6) is 0 Å². The van der Waals surface area contributed by atoms with Crippen LogP contribution in [-0.4, -0.2) is 33.0 Å². The van der Waals surface area contributed by atoms with E-state index in [-0.39, 0.29) is 11.8 Å². The van der Waals surface area contributed by atoms with Crippen molar-refractivity contribution < 1.29 is 9.59 Å². The van der Waals surface area contributed by atoms with Gasteiger partial charge in [0.1, 0.15) is 0 Å². The molecule has 2 aromatic rings. The Morgan fingerprint density at radius 2 is 2.14 bits per heavy atom. The fraction of sp³-hybridized carbons (Fsp3) is 0.312. The minimum absolute atomic E-state index is 0.0907. The van der Waals surface area contributed by atoms with E-state index in [0.717, 1.165) is 22.4 Å². The Morgan fingerprint density at radius 3 is 2.82 bits per heavy atom. The number of aromatic nitrogens is 2. The summed E-state index contributed by atoms with van der Waals surface area (Å²) in [5, 5.41) is 6.95. The molecule has 0 bridgehead atoms. The van der Waals surface area contributed by atoms with Gasteiger partial charge in [-0.15, -0.1) is 0 Å². The highest BCUT2D eigenvalue weighted by Crippen LogP contribution is 2.29. The van der Waals surface area contributed by atoms with Gasteiger partial charge in [-0.3, -0.25) is 14.3 Å². The first-order chi connectivity index (χ1) is 10.5. The lowest BCUT2D eigenvalue weighted by Crippen LogP contribution is -2.22. The molecule has 0 unspecified atom stereocenters. The zero-order chi connectivity index (χ0) is 15.9. The second-order valence-corrected chi connectivity index (χ2v) is 5.41. The molecule has 0 fully saturated rings. The van der Waals surface area contributed by atoms with Crippen molar-refractivity contribution in [3.8, 4) is 11.3 Å². The second-order valence-electron chi connectivity index (χ2n) is 5.41. The summed E-state index contributed by atoms with van der Waals surface area (Å²) >= 11 is 0. The van der Waals surface area contributed by atoms with Gasteiger partial charge in [0.15, 0.2) is 5.82 Å². The number of fused-ring (bicyclic) bond motifs is 1. The quantitative estimate of drug-likeness (QED) is 0.942. The van der Waals surface area contributed by atoms with Gasteiger partial charge in [0, 0.05) is 44.3 Å². The number of hydrogen-bond donors (Lipinski definition) is 1. The molecular weight excluding hydrogens is 280 g/mol. The zero-order valence-corrected chi connectivity index (χ0v) is 12.9. The third-order valence-corrected chi connectivity index (χ3v) is 3.85. The number of benzene rings is 1. The molecule has 1 aromatic carbocycles. The largest absolute Gasteiger partial charge is 0.335 e. The predicted molar refractivity (Wildman–Crippen MR) is 83.4 cm³/mol. The van der Waals surface area contributed by atoms with Crippen LogP contribution in [0.4, 0.5) is 5.82 Å². The summed E-state index contributed by atoms with van der Waals surface area (Å²) in [5.74, 6) is 0.465. The molecule has 6 heteroatoms. The minimum Gasteiger partial charge on any atom is -0.335 e. The number of anilines is 1. The second kappa shape index (κ2) is 5.29. The normalized spacial score (nSPS) is 13.4. The van der Waals surface area contributed by atoms with E-state index >= 15 is 0 Å². The first-order valence-electron chi connectivity index (χ1n) is 7.23. The molecule has 114 valence electrons. The molecule has 1 aliphatic heterocycles. The molecule has 1 N–H and O–H groups in total. The van der Waals surface area contributed by atoms with Crippen molar-refractivity contribution in [1.82, 2.24) is 14.7 Å². The zero-order valence-electron chi connectivity index (χ0n) is 12.9. The summed E-state index contributed by atoms with van der Waals surface area (Å²) < 4.78 is 1.72. The standard InChI is InChI=1S/C16H18N4O2/c1-4-20-9-12-7-11(5-6-13(12)16(20)22)14-8-15(17-10(2)21)18-19(14)3/h5-8H,4,9H2,1-3H3,(H,17,18,21). The number of nitrogens with one attached hydrogen (secondary N) is 1. The summed E-state index contributed by atoms with van der Waals surface area (Å²) in [7, 11) is 1.83. The van der Waals surface area contributed by atoms with Crippen molar-refractivity contribution in [2.75, 3.05) is 11.9 Å². The molecule has 2 heterocycles. The van der Waals surface area contributed by atoms with Gasteiger partial charge >= 0.3 is 0 Å². The maximum Gasteiger partial charge on any atom is 0.254 e. The van der Waals surface area contributed by atoms with E-state index in [4.69, 9.17) is 0 Å². The van der Waals surface area contributed by atoms with E-state index in [1.807, 2.05) is 43.1 Å². The van der Waals surface area contributed by atoms with E-state index < -0.39 is 0 Å². The highest BCUT2D eigenvalue weighted by atomic mass is 16.2. The van der Waals surface area contributed by atoms with Gasteiger partial charge in [0.05, 0.1) is 5.69 Å². The average Bonchev–Trinajstić information content (AvgIpc) is 2.98. The van der Waals surface area contributed by atoms with Crippen LogP contribution in [0.15, 0.2) is 24.3 Å². The lowest BCUT2D eigenvalue weighted by molar-refractivity contribution is -0.114. The monoisotopic (exact) mass is 298 g/mol. The smallest absolute Gasteiger partial charge is 0.254 e. The molecule has 0 saturated heterocycles. The van der Waals surface area contributed by atoms with Crippen LogP contribution in [-0.2, 0) is 18.4 Å². The third-order valence-electron chi connectivity index (χ3n) is 3.85. The Balaban J connectivity index is 1.96. The number of rotatable bonds is 3. The van der Waals surface area contributed by atoms with E-state index in [1.54, 1.807) is 4.68 Å². The van der Waals surface area contributed by atoms with Crippen molar-refractivity contribution in [3.05, 3.63) is 35.4 Å². The number of hydrogen-bond acceptors (Lipinski definition) is 3. The highest BCUT2D eigenvalue weighted by Gasteiger charge is 2.26. The van der Waals surface area contributed by atoms with Gasteiger partial charge in [-0.25, -0.2) is 0 Å². The van der Waals surface area contributed by atoms with Crippen LogP contribution < -0.4 is 5.32 Å². The molecule has 0 atom stereocenters. The van der Waals surface area contributed by atoms with Crippen LogP contribution in [0.3, 0.4) is 0 Å². The molecule has 1 aliphatic rings. The number of carbonyl (C=O) groups is 2. The van der Waals surface area contributed by atoms with E-state index in [1.165, 1.54) is 6.92 Å². The summed E-state index contributed by atoms with van der Waals surface area (Å²) in [6.07, 6.45) is 0. The first kappa shape index (κ1) is 14.3. The Kier molecular flexibility index (Phi) is 3.44. The maximum atomic E-state index is 12.1. The van der Waals surface area contributed by atoms with Gasteiger partial charge in [-0.2, -0.15) is 5.10 Å². The number of aryl methyl sites for hydroxylation is 1. The molecule has 0 radical (unpaired) electrons. The molecular formula is C16H18N4O2. The third kappa shape index (κ3) is 2.36. The topological polar surface area (TPSA) is 67.2 Å². The van der Waals surface area contributed by atoms with Crippen LogP contribution in [0, 0.1) is 0 Å². The van der Waals surface area contributed by atoms with Gasteiger partial charge in [0.25, 0.3) is 5.91 Å². The summed E-state index contributed by atoms with van der Waals surface area (Å²) in [4.78, 5) is 25.1. The van der Waals surface area contributed by atoms with Crippen LogP contribution in [0.25, 0.3) is 11.3 Å². The number of carbonyl (C=O) groups excluding carboxylic acids is 2. The lowest BCUT2D eigenvalue weighted by Gasteiger charge is -2.10. The highest BCUT2D eigenvalue weighted by molar-refractivity contribution is 5.99. The van der Waals surface area contributed by atoms with Crippen molar-refractivity contribution in [2.45, 2.75) is 20.4 Å². The van der Waals surface area contributed by atoms with Gasteiger partial charge in [-0.1, -0.05) is 6.07 Å². The Bertz CT molecular complexity index is 764. The Hall–Kier alpha value is -2.63. The molecule has 0 spiro atoms. The minimum atomic E-state index is -0.150. The number of nitrogens with zero attached hydrogens (tertiary/aromatic N) is 3. The summed E-state index contributed by atoms with van der Waals surface area (Å²) in [5.41, 5.74) is 3.69. The SMILES string of the molecule is CCN1Cc2cc(-c3cc(NC(C)=O)nn3C)ccc2C1=O. The summed E-state index contributed by atoms with van der Waals surface area (Å²) in [6, 6.07) is 7.65.